The predicted octanol–water partition coefficient (Wildman–Crippen LogP) is 4.40. The lowest BCUT2D eigenvalue weighted by Gasteiger charge is -2.38. The van der Waals surface area contributed by atoms with Crippen molar-refractivity contribution in [2.24, 2.45) is 0 Å². The third-order valence-corrected chi connectivity index (χ3v) is 6.14. The van der Waals surface area contributed by atoms with Crippen molar-refractivity contribution in [2.75, 3.05) is 39.2 Å². The van der Waals surface area contributed by atoms with Gasteiger partial charge in [0.1, 0.15) is 5.58 Å². The number of nitrogens with zero attached hydrogens (tertiary/aromatic N) is 1. The van der Waals surface area contributed by atoms with Gasteiger partial charge in [0.05, 0.1) is 19.8 Å². The van der Waals surface area contributed by atoms with Gasteiger partial charge in [-0.05, 0) is 61.7 Å². The summed E-state index contributed by atoms with van der Waals surface area (Å²) in [6.45, 7) is 5.00. The Balaban J connectivity index is 1.51. The number of ether oxygens (including phenoxy) is 2. The lowest BCUT2D eigenvalue weighted by Crippen LogP contribution is -2.42. The molecule has 7 heteroatoms. The second kappa shape index (κ2) is 9.22. The van der Waals surface area contributed by atoms with Crippen LogP contribution in [0.1, 0.15) is 42.3 Å². The molecule has 1 amide bonds. The van der Waals surface area contributed by atoms with Crippen molar-refractivity contribution in [1.82, 2.24) is 4.90 Å². The van der Waals surface area contributed by atoms with Crippen LogP contribution in [0, 0.1) is 0 Å². The number of nitrogens with one attached hydrogen (secondary N) is 1. The molecule has 1 aliphatic heterocycles. The molecule has 0 bridgehead atoms. The number of fused-ring (bicyclic) bond motifs is 1. The highest BCUT2D eigenvalue weighted by atomic mass is 16.5. The van der Waals surface area contributed by atoms with E-state index >= 15 is 0 Å². The number of methoxy groups -OCH3 is 2. The molecule has 1 saturated heterocycles. The quantitative estimate of drug-likeness (QED) is 0.569. The Morgan fingerprint density at radius 3 is 2.53 bits per heavy atom. The zero-order valence-corrected chi connectivity index (χ0v) is 18.8. The molecule has 4 rings (SSSR count). The summed E-state index contributed by atoms with van der Waals surface area (Å²) in [5, 5.41) is 14.9. The Hall–Kier alpha value is -3.03. The molecule has 0 saturated carbocycles. The molecule has 1 fully saturated rings. The maximum atomic E-state index is 12.8. The average molecular weight is 439 g/mol. The van der Waals surface area contributed by atoms with Crippen LogP contribution >= 0.6 is 0 Å². The minimum atomic E-state index is -0.849. The molecule has 1 aliphatic rings. The van der Waals surface area contributed by atoms with Crippen LogP contribution in [0.4, 0.5) is 5.69 Å². The number of anilines is 1. The van der Waals surface area contributed by atoms with Gasteiger partial charge in [-0.25, -0.2) is 0 Å². The maximum Gasteiger partial charge on any atom is 0.291 e. The van der Waals surface area contributed by atoms with Crippen LogP contribution in [0.15, 0.2) is 46.9 Å². The summed E-state index contributed by atoms with van der Waals surface area (Å²) < 4.78 is 16.3. The molecule has 2 heterocycles. The van der Waals surface area contributed by atoms with Gasteiger partial charge in [0.2, 0.25) is 0 Å². The minimum Gasteiger partial charge on any atom is -0.493 e. The van der Waals surface area contributed by atoms with Crippen LogP contribution in [0.3, 0.4) is 0 Å². The molecule has 0 aliphatic carbocycles. The number of amides is 1. The molecule has 170 valence electrons. The Morgan fingerprint density at radius 1 is 1.09 bits per heavy atom. The van der Waals surface area contributed by atoms with Gasteiger partial charge < -0.3 is 29.2 Å². The lowest BCUT2D eigenvalue weighted by atomic mass is 9.84. The second-order valence-corrected chi connectivity index (χ2v) is 8.26. The molecule has 2 aromatic carbocycles. The number of piperidine rings is 1. The fraction of sp³-hybridized carbons (Fsp3) is 0.400. The van der Waals surface area contributed by atoms with E-state index in [1.165, 1.54) is 0 Å². The number of hydrogen-bond acceptors (Lipinski definition) is 6. The minimum absolute atomic E-state index is 0.205. The first-order valence-electron chi connectivity index (χ1n) is 11.0. The monoisotopic (exact) mass is 438 g/mol. The van der Waals surface area contributed by atoms with E-state index in [0.29, 0.717) is 35.6 Å². The highest BCUT2D eigenvalue weighted by molar-refractivity contribution is 6.04. The Bertz CT molecular complexity index is 1100. The highest BCUT2D eigenvalue weighted by Gasteiger charge is 2.34. The smallest absolute Gasteiger partial charge is 0.291 e. The normalized spacial score (nSPS) is 16.1. The van der Waals surface area contributed by atoms with Gasteiger partial charge in [0.25, 0.3) is 5.91 Å². The van der Waals surface area contributed by atoms with Crippen LogP contribution in [0.5, 0.6) is 11.5 Å². The van der Waals surface area contributed by atoms with Crippen molar-refractivity contribution in [2.45, 2.75) is 31.8 Å². The molecule has 32 heavy (non-hydrogen) atoms. The molecular formula is C25H30N2O5. The van der Waals surface area contributed by atoms with E-state index in [1.54, 1.807) is 38.5 Å². The molecule has 3 aromatic rings. The molecule has 7 nitrogen and oxygen atoms in total. The summed E-state index contributed by atoms with van der Waals surface area (Å²) >= 11 is 0. The fourth-order valence-corrected chi connectivity index (χ4v) is 4.30. The van der Waals surface area contributed by atoms with Crippen LogP contribution in [0.25, 0.3) is 11.0 Å². The third-order valence-electron chi connectivity index (χ3n) is 6.14. The molecule has 2 N–H and O–H groups in total. The topological polar surface area (TPSA) is 84.2 Å². The molecule has 0 radical (unpaired) electrons. The fourth-order valence-electron chi connectivity index (χ4n) is 4.30. The van der Waals surface area contributed by atoms with E-state index in [0.717, 1.165) is 37.0 Å². The second-order valence-electron chi connectivity index (χ2n) is 8.26. The molecule has 0 spiro atoms. The van der Waals surface area contributed by atoms with E-state index in [1.807, 2.05) is 18.2 Å². The largest absolute Gasteiger partial charge is 0.493 e. The van der Waals surface area contributed by atoms with Crippen molar-refractivity contribution in [3.05, 3.63) is 53.8 Å². The first-order valence-corrected chi connectivity index (χ1v) is 11.0. The molecule has 1 aromatic heterocycles. The van der Waals surface area contributed by atoms with Crippen LogP contribution < -0.4 is 14.8 Å². The van der Waals surface area contributed by atoms with Crippen molar-refractivity contribution in [1.29, 1.82) is 0 Å². The summed E-state index contributed by atoms with van der Waals surface area (Å²) in [6.07, 6.45) is 2.51. The zero-order chi connectivity index (χ0) is 22.7. The number of carbonyl (C=O) groups excluding carboxylic acids is 1. The SMILES string of the molecule is CCCN1CCC(O)(c2ccc3oc(C(=O)Nc4ccc(OC)c(OC)c4)cc3c2)CC1. The first-order chi connectivity index (χ1) is 15.5. The van der Waals surface area contributed by atoms with Crippen LogP contribution in [-0.2, 0) is 5.60 Å². The number of benzene rings is 2. The Kier molecular flexibility index (Phi) is 6.39. The maximum absolute atomic E-state index is 12.8. The van der Waals surface area contributed by atoms with Crippen molar-refractivity contribution in [3.63, 3.8) is 0 Å². The molecular weight excluding hydrogens is 408 g/mol. The van der Waals surface area contributed by atoms with E-state index in [4.69, 9.17) is 13.9 Å². The predicted molar refractivity (Wildman–Crippen MR) is 124 cm³/mol. The third kappa shape index (κ3) is 4.45. The number of hydrogen-bond donors (Lipinski definition) is 2. The number of likely N-dealkylation sites (tertiary alicyclic amines) is 1. The lowest BCUT2D eigenvalue weighted by molar-refractivity contribution is -0.0256. The van der Waals surface area contributed by atoms with Gasteiger partial charge >= 0.3 is 0 Å². The summed E-state index contributed by atoms with van der Waals surface area (Å²) in [4.78, 5) is 15.1. The molecule has 0 unspecified atom stereocenters. The van der Waals surface area contributed by atoms with E-state index in [2.05, 4.69) is 17.1 Å². The van der Waals surface area contributed by atoms with E-state index in [9.17, 15) is 9.90 Å². The summed E-state index contributed by atoms with van der Waals surface area (Å²) in [6, 6.07) is 12.5. The number of aliphatic hydroxyl groups is 1. The zero-order valence-electron chi connectivity index (χ0n) is 18.8. The van der Waals surface area contributed by atoms with Gasteiger partial charge in [0, 0.05) is 30.2 Å². The van der Waals surface area contributed by atoms with Gasteiger partial charge in [-0.3, -0.25) is 4.79 Å². The van der Waals surface area contributed by atoms with Gasteiger partial charge in [-0.1, -0.05) is 13.0 Å². The number of carbonyl (C=O) groups is 1. The van der Waals surface area contributed by atoms with Crippen molar-refractivity contribution >= 4 is 22.6 Å². The Morgan fingerprint density at radius 2 is 1.84 bits per heavy atom. The van der Waals surface area contributed by atoms with Gasteiger partial charge in [0.15, 0.2) is 17.3 Å². The first kappa shape index (κ1) is 22.2. The van der Waals surface area contributed by atoms with Crippen molar-refractivity contribution in [3.8, 4) is 11.5 Å². The van der Waals surface area contributed by atoms with Gasteiger partial charge in [-0.2, -0.15) is 0 Å². The van der Waals surface area contributed by atoms with Crippen molar-refractivity contribution < 1.29 is 23.8 Å². The van der Waals surface area contributed by atoms with Crippen LogP contribution in [-0.4, -0.2) is 49.8 Å². The highest BCUT2D eigenvalue weighted by Crippen LogP contribution is 2.35. The van der Waals surface area contributed by atoms with E-state index in [-0.39, 0.29) is 11.7 Å². The van der Waals surface area contributed by atoms with E-state index < -0.39 is 5.60 Å². The van der Waals surface area contributed by atoms with Crippen LogP contribution in [0.2, 0.25) is 0 Å². The summed E-state index contributed by atoms with van der Waals surface area (Å²) in [5.41, 5.74) is 1.20. The summed E-state index contributed by atoms with van der Waals surface area (Å²) in [5.74, 6) is 0.955. The number of furan rings is 1. The molecule has 0 atom stereocenters. The van der Waals surface area contributed by atoms with Gasteiger partial charge in [-0.15, -0.1) is 0 Å². The average Bonchev–Trinajstić information content (AvgIpc) is 3.24. The standard InChI is InChI=1S/C25H30N2O5/c1-4-11-27-12-9-25(29,10-13-27)18-5-7-20-17(14-18)15-23(32-20)24(28)26-19-6-8-21(30-2)22(16-19)31-3/h5-8,14-16,29H,4,9-13H2,1-3H3,(H,26,28). The summed E-state index contributed by atoms with van der Waals surface area (Å²) in [7, 11) is 3.10. The number of rotatable bonds is 7. The Labute approximate surface area is 187 Å².